The van der Waals surface area contributed by atoms with Gasteiger partial charge in [0.25, 0.3) is 0 Å². The lowest BCUT2D eigenvalue weighted by Gasteiger charge is -2.29. The van der Waals surface area contributed by atoms with E-state index in [1.54, 1.807) is 6.20 Å². The first-order valence-electron chi connectivity index (χ1n) is 21.7. The Bertz CT molecular complexity index is 4160. The molecular formula is C56H32N10. The maximum atomic E-state index is 12.4. The van der Waals surface area contributed by atoms with Crippen LogP contribution in [0.4, 0.5) is 0 Å². The molecule has 0 atom stereocenters. The summed E-state index contributed by atoms with van der Waals surface area (Å²) in [5.74, 6) is 0. The first-order valence-corrected chi connectivity index (χ1v) is 21.7. The lowest BCUT2D eigenvalue weighted by molar-refractivity contribution is 1.03. The van der Waals surface area contributed by atoms with Crippen LogP contribution < -0.4 is 0 Å². The van der Waals surface area contributed by atoms with Gasteiger partial charge in [-0.05, 0) is 54.6 Å². The number of aromatic nitrogens is 9. The molecule has 9 heterocycles. The zero-order valence-corrected chi connectivity index (χ0v) is 34.9. The van der Waals surface area contributed by atoms with Crippen molar-refractivity contribution in [3.63, 3.8) is 0 Å². The van der Waals surface area contributed by atoms with E-state index in [0.717, 1.165) is 110 Å². The van der Waals surface area contributed by atoms with E-state index in [4.69, 9.17) is 4.98 Å². The number of hydrogen-bond donors (Lipinski definition) is 0. The largest absolute Gasteiger partial charge is 0.307 e. The minimum Gasteiger partial charge on any atom is -0.307 e. The molecule has 10 nitrogen and oxygen atoms in total. The van der Waals surface area contributed by atoms with Gasteiger partial charge in [-0.3, -0.25) is 24.9 Å². The predicted molar refractivity (Wildman–Crippen MR) is 263 cm³/mol. The topological polar surface area (TPSA) is 108 Å². The first-order chi connectivity index (χ1) is 32.8. The average molecular weight is 845 g/mol. The summed E-state index contributed by atoms with van der Waals surface area (Å²) in [4.78, 5) is 23.5. The van der Waals surface area contributed by atoms with Crippen LogP contribution in [-0.4, -0.2) is 43.2 Å². The van der Waals surface area contributed by atoms with E-state index in [9.17, 15) is 5.26 Å². The molecule has 0 bridgehead atoms. The standard InChI is InChI=1S/C56H32N10/c57-28-39-53(63-44-15-5-1-11-35(44)40-30-59-24-19-48(40)63)52(34-10-9-23-58-29-34)55(65-46-17-7-3-13-37(46)42-32-61-26-21-50(42)65)56(66-47-18-8-4-14-38(47)43-33-62-27-22-51(43)66)54(39)64-45-16-6-2-12-36(45)41-31-60-25-20-49(41)64/h1-27,29-33H. The maximum Gasteiger partial charge on any atom is 0.104 e. The van der Waals surface area contributed by atoms with E-state index < -0.39 is 0 Å². The molecule has 0 saturated heterocycles. The van der Waals surface area contributed by atoms with Crippen molar-refractivity contribution < 1.29 is 0 Å². The third kappa shape index (κ3) is 4.80. The van der Waals surface area contributed by atoms with E-state index in [0.29, 0.717) is 16.9 Å². The Kier molecular flexibility index (Phi) is 7.52. The Labute approximate surface area is 375 Å². The summed E-state index contributed by atoms with van der Waals surface area (Å²) in [6.45, 7) is 0. The SMILES string of the molecule is N#Cc1c(-n2c3ccccc3c3cnccc32)c(-c2cccnc2)c(-n2c3ccccc3c3cnccc32)c(-n2c3ccccc3c3cnccc32)c1-n1c2ccccc2c2cnccc21. The summed E-state index contributed by atoms with van der Waals surface area (Å²) in [6, 6.07) is 49.0. The smallest absolute Gasteiger partial charge is 0.104 e. The zero-order chi connectivity index (χ0) is 43.5. The van der Waals surface area contributed by atoms with Gasteiger partial charge in [0.1, 0.15) is 11.6 Å². The normalized spacial score (nSPS) is 11.9. The van der Waals surface area contributed by atoms with Gasteiger partial charge in [-0.2, -0.15) is 5.26 Å². The van der Waals surface area contributed by atoms with Gasteiger partial charge in [0.05, 0.1) is 66.9 Å². The lowest BCUT2D eigenvalue weighted by atomic mass is 9.94. The molecule has 0 amide bonds. The molecular weight excluding hydrogens is 813 g/mol. The molecule has 14 rings (SSSR count). The molecule has 0 N–H and O–H groups in total. The summed E-state index contributed by atoms with van der Waals surface area (Å²) in [7, 11) is 0. The molecule has 0 fully saturated rings. The summed E-state index contributed by atoms with van der Waals surface area (Å²) in [6.07, 6.45) is 18.8. The van der Waals surface area contributed by atoms with Gasteiger partial charge in [-0.25, -0.2) is 0 Å². The van der Waals surface area contributed by atoms with Crippen LogP contribution in [0, 0.1) is 11.3 Å². The number of para-hydroxylation sites is 4. The third-order valence-corrected chi connectivity index (χ3v) is 13.2. The second kappa shape index (κ2) is 13.8. The molecule has 0 radical (unpaired) electrons. The number of benzene rings is 5. The molecule has 0 aliphatic carbocycles. The zero-order valence-electron chi connectivity index (χ0n) is 34.9. The molecule has 5 aromatic carbocycles. The van der Waals surface area contributed by atoms with Crippen LogP contribution in [0.1, 0.15) is 5.56 Å². The van der Waals surface area contributed by atoms with Crippen molar-refractivity contribution in [1.82, 2.24) is 43.2 Å². The van der Waals surface area contributed by atoms with Crippen molar-refractivity contribution in [2.24, 2.45) is 0 Å². The fourth-order valence-corrected chi connectivity index (χ4v) is 10.7. The Morgan fingerprint density at radius 3 is 1.05 bits per heavy atom. The van der Waals surface area contributed by atoms with E-state index in [-0.39, 0.29) is 0 Å². The average Bonchev–Trinajstić information content (AvgIpc) is 4.11. The first kappa shape index (κ1) is 36.1. The quantitative estimate of drug-likeness (QED) is 0.171. The van der Waals surface area contributed by atoms with Crippen molar-refractivity contribution in [3.8, 4) is 39.9 Å². The molecule has 66 heavy (non-hydrogen) atoms. The van der Waals surface area contributed by atoms with Crippen LogP contribution in [0.5, 0.6) is 0 Å². The Morgan fingerprint density at radius 1 is 0.303 bits per heavy atom. The number of nitriles is 1. The fourth-order valence-electron chi connectivity index (χ4n) is 10.7. The molecule has 9 aromatic heterocycles. The van der Waals surface area contributed by atoms with Crippen molar-refractivity contribution >= 4 is 87.2 Å². The second-order valence-electron chi connectivity index (χ2n) is 16.5. The number of fused-ring (bicyclic) bond motifs is 12. The fraction of sp³-hybridized carbons (Fsp3) is 0. The van der Waals surface area contributed by atoms with Crippen LogP contribution in [0.2, 0.25) is 0 Å². The van der Waals surface area contributed by atoms with Crippen LogP contribution in [0.25, 0.3) is 121 Å². The van der Waals surface area contributed by atoms with Gasteiger partial charge < -0.3 is 18.3 Å². The number of rotatable bonds is 5. The summed E-state index contributed by atoms with van der Waals surface area (Å²) in [5.41, 5.74) is 12.7. The van der Waals surface area contributed by atoms with Gasteiger partial charge in [0.15, 0.2) is 0 Å². The number of hydrogen-bond acceptors (Lipinski definition) is 6. The molecule has 0 aliphatic heterocycles. The van der Waals surface area contributed by atoms with Crippen LogP contribution in [0.15, 0.2) is 195 Å². The Hall–Kier alpha value is -9.46. The maximum absolute atomic E-state index is 12.4. The van der Waals surface area contributed by atoms with Gasteiger partial charge in [-0.1, -0.05) is 78.9 Å². The van der Waals surface area contributed by atoms with Crippen molar-refractivity contribution in [2.45, 2.75) is 0 Å². The number of pyridine rings is 5. The van der Waals surface area contributed by atoms with Gasteiger partial charge in [-0.15, -0.1) is 0 Å². The minimum atomic E-state index is 0.467. The lowest BCUT2D eigenvalue weighted by Crippen LogP contribution is -2.16. The highest BCUT2D eigenvalue weighted by atomic mass is 15.1. The highest BCUT2D eigenvalue weighted by Gasteiger charge is 2.35. The number of nitrogens with zero attached hydrogens (tertiary/aromatic N) is 10. The van der Waals surface area contributed by atoms with E-state index in [2.05, 4.69) is 172 Å². The van der Waals surface area contributed by atoms with E-state index in [1.807, 2.05) is 61.8 Å². The molecule has 306 valence electrons. The minimum absolute atomic E-state index is 0.467. The third-order valence-electron chi connectivity index (χ3n) is 13.2. The van der Waals surface area contributed by atoms with Crippen LogP contribution in [-0.2, 0) is 0 Å². The molecule has 0 aliphatic rings. The van der Waals surface area contributed by atoms with Crippen molar-refractivity contribution in [1.29, 1.82) is 5.26 Å². The van der Waals surface area contributed by atoms with Gasteiger partial charge in [0, 0.05) is 116 Å². The highest BCUT2D eigenvalue weighted by Crippen LogP contribution is 2.51. The Balaban J connectivity index is 1.37. The Morgan fingerprint density at radius 2 is 0.652 bits per heavy atom. The summed E-state index contributed by atoms with van der Waals surface area (Å²) >= 11 is 0. The van der Waals surface area contributed by atoms with Gasteiger partial charge >= 0.3 is 0 Å². The molecule has 0 spiro atoms. The molecule has 10 heteroatoms. The predicted octanol–water partition coefficient (Wildman–Crippen LogP) is 12.6. The molecule has 14 aromatic rings. The summed E-state index contributed by atoms with van der Waals surface area (Å²) < 4.78 is 9.28. The monoisotopic (exact) mass is 844 g/mol. The van der Waals surface area contributed by atoms with E-state index >= 15 is 0 Å². The van der Waals surface area contributed by atoms with E-state index in [1.165, 1.54) is 0 Å². The van der Waals surface area contributed by atoms with Crippen molar-refractivity contribution in [2.75, 3.05) is 0 Å². The van der Waals surface area contributed by atoms with Crippen LogP contribution in [0.3, 0.4) is 0 Å². The summed E-state index contributed by atoms with van der Waals surface area (Å²) in [5, 5.41) is 20.5. The highest BCUT2D eigenvalue weighted by molar-refractivity contribution is 6.16. The molecule has 0 unspecified atom stereocenters. The van der Waals surface area contributed by atoms with Crippen LogP contribution >= 0.6 is 0 Å². The molecule has 0 saturated carbocycles. The van der Waals surface area contributed by atoms with Gasteiger partial charge in [0.2, 0.25) is 0 Å². The second-order valence-corrected chi connectivity index (χ2v) is 16.5. The van der Waals surface area contributed by atoms with Crippen molar-refractivity contribution in [3.05, 3.63) is 201 Å².